The molecule has 2 aliphatic heterocycles. The third-order valence-electron chi connectivity index (χ3n) is 4.17. The maximum absolute atomic E-state index is 4.56. The van der Waals surface area contributed by atoms with Crippen LogP contribution in [0.15, 0.2) is 0 Å². The molecule has 3 atom stereocenters. The summed E-state index contributed by atoms with van der Waals surface area (Å²) in [5.74, 6) is 0. The van der Waals surface area contributed by atoms with Crippen molar-refractivity contribution in [2.24, 2.45) is 5.41 Å². The van der Waals surface area contributed by atoms with Crippen LogP contribution in [0.4, 0.5) is 0 Å². The Bertz CT molecular complexity index is 204. The normalized spacial score (nSPS) is 39.4. The summed E-state index contributed by atoms with van der Waals surface area (Å²) in [6.45, 7) is 10.6. The van der Waals surface area contributed by atoms with Gasteiger partial charge in [-0.3, -0.25) is 0 Å². The Labute approximate surface area is 99.2 Å². The van der Waals surface area contributed by atoms with Gasteiger partial charge in [-0.2, -0.15) is 12.6 Å². The lowest BCUT2D eigenvalue weighted by molar-refractivity contribution is 0.231. The SMILES string of the molecule is CC(S)C1CC2(CCN(C(C)C)C2)CN1. The number of hydrogen-bond acceptors (Lipinski definition) is 3. The zero-order valence-corrected chi connectivity index (χ0v) is 11.1. The van der Waals surface area contributed by atoms with Crippen molar-refractivity contribution in [2.45, 2.75) is 50.9 Å². The summed E-state index contributed by atoms with van der Waals surface area (Å²) in [7, 11) is 0. The molecule has 0 aliphatic carbocycles. The summed E-state index contributed by atoms with van der Waals surface area (Å²) < 4.78 is 0. The molecule has 0 aromatic carbocycles. The fraction of sp³-hybridized carbons (Fsp3) is 1.00. The van der Waals surface area contributed by atoms with Gasteiger partial charge in [-0.25, -0.2) is 0 Å². The Morgan fingerprint density at radius 2 is 2.13 bits per heavy atom. The average molecular weight is 228 g/mol. The average Bonchev–Trinajstić information content (AvgIpc) is 2.74. The molecule has 1 spiro atoms. The van der Waals surface area contributed by atoms with Crippen LogP contribution in [0.1, 0.15) is 33.6 Å². The van der Waals surface area contributed by atoms with Crippen LogP contribution < -0.4 is 5.32 Å². The molecule has 2 heterocycles. The number of rotatable bonds is 2. The zero-order chi connectivity index (χ0) is 11.1. The van der Waals surface area contributed by atoms with Crippen molar-refractivity contribution in [2.75, 3.05) is 19.6 Å². The highest BCUT2D eigenvalue weighted by Gasteiger charge is 2.44. The van der Waals surface area contributed by atoms with Crippen LogP contribution in [0.2, 0.25) is 0 Å². The van der Waals surface area contributed by atoms with E-state index in [1.165, 1.54) is 32.5 Å². The van der Waals surface area contributed by atoms with Gasteiger partial charge in [0.1, 0.15) is 0 Å². The van der Waals surface area contributed by atoms with Gasteiger partial charge < -0.3 is 10.2 Å². The van der Waals surface area contributed by atoms with Crippen molar-refractivity contribution in [1.29, 1.82) is 0 Å². The van der Waals surface area contributed by atoms with E-state index in [1.807, 2.05) is 0 Å². The lowest BCUT2D eigenvalue weighted by atomic mass is 9.84. The predicted molar refractivity (Wildman–Crippen MR) is 68.6 cm³/mol. The molecule has 2 nitrogen and oxygen atoms in total. The van der Waals surface area contributed by atoms with Crippen molar-refractivity contribution >= 4 is 12.6 Å². The van der Waals surface area contributed by atoms with Gasteiger partial charge in [0.2, 0.25) is 0 Å². The summed E-state index contributed by atoms with van der Waals surface area (Å²) in [6.07, 6.45) is 2.69. The summed E-state index contributed by atoms with van der Waals surface area (Å²) in [5.41, 5.74) is 0.561. The third-order valence-corrected chi connectivity index (χ3v) is 4.53. The third kappa shape index (κ3) is 2.34. The van der Waals surface area contributed by atoms with E-state index >= 15 is 0 Å². The molecule has 3 heteroatoms. The maximum Gasteiger partial charge on any atom is 0.0187 e. The van der Waals surface area contributed by atoms with Crippen LogP contribution in [0.25, 0.3) is 0 Å². The summed E-state index contributed by atoms with van der Waals surface area (Å²) in [5, 5.41) is 4.13. The highest BCUT2D eigenvalue weighted by molar-refractivity contribution is 7.81. The van der Waals surface area contributed by atoms with E-state index in [4.69, 9.17) is 0 Å². The van der Waals surface area contributed by atoms with Crippen molar-refractivity contribution < 1.29 is 0 Å². The van der Waals surface area contributed by atoms with Gasteiger partial charge in [0.25, 0.3) is 0 Å². The van der Waals surface area contributed by atoms with E-state index in [0.29, 0.717) is 22.7 Å². The fourth-order valence-electron chi connectivity index (χ4n) is 3.02. The Balaban J connectivity index is 1.95. The number of nitrogens with one attached hydrogen (secondary N) is 1. The molecule has 0 amide bonds. The predicted octanol–water partition coefficient (Wildman–Crippen LogP) is 1.77. The standard InChI is InChI=1S/C12H24N2S/c1-9(2)14-5-4-12(8-14)6-11(10(3)15)13-7-12/h9-11,13,15H,4-8H2,1-3H3. The van der Waals surface area contributed by atoms with Gasteiger partial charge in [-0.1, -0.05) is 6.92 Å². The number of hydrogen-bond donors (Lipinski definition) is 2. The van der Waals surface area contributed by atoms with E-state index in [-0.39, 0.29) is 0 Å². The molecule has 2 fully saturated rings. The molecular weight excluding hydrogens is 204 g/mol. The summed E-state index contributed by atoms with van der Waals surface area (Å²) in [6, 6.07) is 1.33. The topological polar surface area (TPSA) is 15.3 Å². The molecule has 88 valence electrons. The first-order valence-electron chi connectivity index (χ1n) is 6.18. The van der Waals surface area contributed by atoms with Gasteiger partial charge in [-0.05, 0) is 38.6 Å². The maximum atomic E-state index is 4.56. The lowest BCUT2D eigenvalue weighted by Gasteiger charge is -2.25. The van der Waals surface area contributed by atoms with Crippen molar-refractivity contribution in [3.63, 3.8) is 0 Å². The molecule has 2 aliphatic rings. The molecule has 1 N–H and O–H groups in total. The lowest BCUT2D eigenvalue weighted by Crippen LogP contribution is -2.33. The van der Waals surface area contributed by atoms with Crippen LogP contribution >= 0.6 is 12.6 Å². The minimum atomic E-state index is 0.484. The minimum Gasteiger partial charge on any atom is -0.312 e. The molecule has 2 rings (SSSR count). The monoisotopic (exact) mass is 228 g/mol. The number of nitrogens with zero attached hydrogens (tertiary/aromatic N) is 1. The van der Waals surface area contributed by atoms with Crippen LogP contribution in [-0.2, 0) is 0 Å². The van der Waals surface area contributed by atoms with Crippen LogP contribution in [0.5, 0.6) is 0 Å². The highest BCUT2D eigenvalue weighted by Crippen LogP contribution is 2.40. The van der Waals surface area contributed by atoms with E-state index in [1.54, 1.807) is 0 Å². The van der Waals surface area contributed by atoms with E-state index in [2.05, 4.69) is 43.6 Å². The van der Waals surface area contributed by atoms with Crippen molar-refractivity contribution in [3.05, 3.63) is 0 Å². The van der Waals surface area contributed by atoms with Gasteiger partial charge in [0.15, 0.2) is 0 Å². The molecule has 0 aromatic heterocycles. The quantitative estimate of drug-likeness (QED) is 0.700. The first-order chi connectivity index (χ1) is 7.02. The Kier molecular flexibility index (Phi) is 3.34. The van der Waals surface area contributed by atoms with E-state index in [9.17, 15) is 0 Å². The fourth-order valence-corrected chi connectivity index (χ4v) is 3.23. The first-order valence-corrected chi connectivity index (χ1v) is 6.70. The Morgan fingerprint density at radius 1 is 1.40 bits per heavy atom. The largest absolute Gasteiger partial charge is 0.312 e. The Hall–Kier alpha value is 0.270. The second kappa shape index (κ2) is 4.27. The summed E-state index contributed by atoms with van der Waals surface area (Å²) in [4.78, 5) is 2.62. The van der Waals surface area contributed by atoms with E-state index in [0.717, 1.165) is 0 Å². The molecular formula is C12H24N2S. The zero-order valence-electron chi connectivity index (χ0n) is 10.2. The smallest absolute Gasteiger partial charge is 0.0187 e. The Morgan fingerprint density at radius 3 is 2.60 bits per heavy atom. The van der Waals surface area contributed by atoms with Crippen LogP contribution in [0.3, 0.4) is 0 Å². The highest BCUT2D eigenvalue weighted by atomic mass is 32.1. The second-order valence-electron chi connectivity index (χ2n) is 5.75. The molecule has 0 aromatic rings. The summed E-state index contributed by atoms with van der Waals surface area (Å²) >= 11 is 4.56. The van der Waals surface area contributed by atoms with Crippen LogP contribution in [0, 0.1) is 5.41 Å². The molecule has 2 saturated heterocycles. The minimum absolute atomic E-state index is 0.484. The second-order valence-corrected chi connectivity index (χ2v) is 6.56. The number of thiol groups is 1. The molecule has 15 heavy (non-hydrogen) atoms. The molecule has 0 radical (unpaired) electrons. The van der Waals surface area contributed by atoms with Crippen molar-refractivity contribution in [3.8, 4) is 0 Å². The van der Waals surface area contributed by atoms with Crippen LogP contribution in [-0.4, -0.2) is 41.9 Å². The first kappa shape index (κ1) is 11.7. The van der Waals surface area contributed by atoms with E-state index < -0.39 is 0 Å². The molecule has 0 bridgehead atoms. The molecule has 3 unspecified atom stereocenters. The van der Waals surface area contributed by atoms with Gasteiger partial charge in [0, 0.05) is 30.4 Å². The molecule has 0 saturated carbocycles. The van der Waals surface area contributed by atoms with Gasteiger partial charge in [-0.15, -0.1) is 0 Å². The van der Waals surface area contributed by atoms with Gasteiger partial charge >= 0.3 is 0 Å². The van der Waals surface area contributed by atoms with Crippen molar-refractivity contribution in [1.82, 2.24) is 10.2 Å². The van der Waals surface area contributed by atoms with Gasteiger partial charge in [0.05, 0.1) is 0 Å². The number of likely N-dealkylation sites (tertiary alicyclic amines) is 1.